The zero-order valence-electron chi connectivity index (χ0n) is 16.8. The molecule has 1 saturated heterocycles. The average Bonchev–Trinajstić information content (AvgIpc) is 3.07. The first kappa shape index (κ1) is 19.0. The molecule has 150 valence electrons. The van der Waals surface area contributed by atoms with Gasteiger partial charge in [0.1, 0.15) is 18.0 Å². The fourth-order valence-electron chi connectivity index (χ4n) is 3.43. The third-order valence-corrected chi connectivity index (χ3v) is 5.11. The second-order valence-corrected chi connectivity index (χ2v) is 7.50. The number of piperidine rings is 1. The van der Waals surface area contributed by atoms with Crippen molar-refractivity contribution in [1.82, 2.24) is 29.9 Å². The summed E-state index contributed by atoms with van der Waals surface area (Å²) in [6.07, 6.45) is 3.76. The summed E-state index contributed by atoms with van der Waals surface area (Å²) in [5.41, 5.74) is 2.06. The molecule has 1 aliphatic rings. The molecule has 0 unspecified atom stereocenters. The van der Waals surface area contributed by atoms with Crippen LogP contribution in [0.5, 0.6) is 0 Å². The van der Waals surface area contributed by atoms with Gasteiger partial charge in [0, 0.05) is 24.8 Å². The molecule has 3 aromatic rings. The van der Waals surface area contributed by atoms with Gasteiger partial charge in [0.2, 0.25) is 0 Å². The smallest absolute Gasteiger partial charge is 0.277 e. The normalized spacial score (nSPS) is 14.8. The Morgan fingerprint density at radius 2 is 1.86 bits per heavy atom. The number of rotatable bonds is 4. The van der Waals surface area contributed by atoms with Gasteiger partial charge in [-0.15, -0.1) is 10.2 Å². The topological polar surface area (TPSA) is 102 Å². The summed E-state index contributed by atoms with van der Waals surface area (Å²) in [5, 5.41) is 15.3. The number of amides is 1. The van der Waals surface area contributed by atoms with E-state index in [-0.39, 0.29) is 11.6 Å². The maximum Gasteiger partial charge on any atom is 0.277 e. The lowest BCUT2D eigenvalue weighted by Gasteiger charge is -2.31. The monoisotopic (exact) mass is 392 g/mol. The van der Waals surface area contributed by atoms with Crippen molar-refractivity contribution in [3.8, 4) is 5.82 Å². The van der Waals surface area contributed by atoms with Gasteiger partial charge in [-0.25, -0.2) is 14.6 Å². The molecule has 0 spiro atoms. The fourth-order valence-corrected chi connectivity index (χ4v) is 3.43. The van der Waals surface area contributed by atoms with E-state index in [4.69, 9.17) is 0 Å². The van der Waals surface area contributed by atoms with E-state index in [0.717, 1.165) is 49.1 Å². The van der Waals surface area contributed by atoms with Gasteiger partial charge in [0.05, 0.1) is 5.69 Å². The molecule has 4 heterocycles. The Morgan fingerprint density at radius 1 is 1.07 bits per heavy atom. The van der Waals surface area contributed by atoms with Gasteiger partial charge >= 0.3 is 0 Å². The van der Waals surface area contributed by atoms with Crippen LogP contribution < -0.4 is 10.2 Å². The highest BCUT2D eigenvalue weighted by Gasteiger charge is 2.18. The van der Waals surface area contributed by atoms with E-state index in [0.29, 0.717) is 11.6 Å². The van der Waals surface area contributed by atoms with Crippen LogP contribution in [0.25, 0.3) is 5.82 Å². The van der Waals surface area contributed by atoms with Crippen molar-refractivity contribution < 1.29 is 4.79 Å². The Bertz CT molecular complexity index is 1010. The van der Waals surface area contributed by atoms with Gasteiger partial charge in [0.15, 0.2) is 11.5 Å². The third kappa shape index (κ3) is 4.23. The van der Waals surface area contributed by atoms with Gasteiger partial charge in [-0.3, -0.25) is 4.79 Å². The minimum Gasteiger partial charge on any atom is -0.356 e. The van der Waals surface area contributed by atoms with Crippen LogP contribution in [-0.4, -0.2) is 48.9 Å². The summed E-state index contributed by atoms with van der Waals surface area (Å²) in [4.78, 5) is 23.3. The SMILES string of the molecule is Cc1cc(C)n(-c2ccc(C(=O)Nc3cc(N4CCC(C)CC4)ncn3)nn2)n1. The molecular formula is C20H24N8O. The van der Waals surface area contributed by atoms with Crippen molar-refractivity contribution in [2.45, 2.75) is 33.6 Å². The molecule has 1 amide bonds. The van der Waals surface area contributed by atoms with Gasteiger partial charge < -0.3 is 10.2 Å². The quantitative estimate of drug-likeness (QED) is 0.728. The number of aromatic nitrogens is 6. The number of nitrogens with zero attached hydrogens (tertiary/aromatic N) is 7. The number of aryl methyl sites for hydroxylation is 2. The molecule has 29 heavy (non-hydrogen) atoms. The summed E-state index contributed by atoms with van der Waals surface area (Å²) in [6.45, 7) is 8.05. The Hall–Kier alpha value is -3.36. The van der Waals surface area contributed by atoms with Crippen molar-refractivity contribution in [1.29, 1.82) is 0 Å². The van der Waals surface area contributed by atoms with Gasteiger partial charge in [0.25, 0.3) is 5.91 Å². The maximum absolute atomic E-state index is 12.6. The maximum atomic E-state index is 12.6. The number of hydrogen-bond acceptors (Lipinski definition) is 7. The second-order valence-electron chi connectivity index (χ2n) is 7.50. The van der Waals surface area contributed by atoms with E-state index in [2.05, 4.69) is 42.4 Å². The van der Waals surface area contributed by atoms with Gasteiger partial charge in [-0.2, -0.15) is 5.10 Å². The Balaban J connectivity index is 1.45. The minimum atomic E-state index is -0.366. The molecule has 0 radical (unpaired) electrons. The number of nitrogens with one attached hydrogen (secondary N) is 1. The van der Waals surface area contributed by atoms with Crippen molar-refractivity contribution in [3.63, 3.8) is 0 Å². The molecule has 1 fully saturated rings. The molecule has 0 bridgehead atoms. The van der Waals surface area contributed by atoms with Crippen molar-refractivity contribution in [3.05, 3.63) is 47.7 Å². The number of carbonyl (C=O) groups is 1. The van der Waals surface area contributed by atoms with Crippen LogP contribution in [-0.2, 0) is 0 Å². The zero-order chi connectivity index (χ0) is 20.4. The van der Waals surface area contributed by atoms with E-state index in [9.17, 15) is 4.79 Å². The number of anilines is 2. The van der Waals surface area contributed by atoms with Gasteiger partial charge in [-0.05, 0) is 50.8 Å². The predicted octanol–water partition coefficient (Wildman–Crippen LogP) is 2.56. The van der Waals surface area contributed by atoms with E-state index >= 15 is 0 Å². The molecule has 3 aromatic heterocycles. The van der Waals surface area contributed by atoms with Crippen molar-refractivity contribution in [2.75, 3.05) is 23.3 Å². The Kier molecular flexibility index (Phi) is 5.20. The summed E-state index contributed by atoms with van der Waals surface area (Å²) in [7, 11) is 0. The highest BCUT2D eigenvalue weighted by Crippen LogP contribution is 2.22. The Morgan fingerprint density at radius 3 is 2.52 bits per heavy atom. The van der Waals surface area contributed by atoms with Crippen LogP contribution in [0, 0.1) is 19.8 Å². The van der Waals surface area contributed by atoms with E-state index in [1.165, 1.54) is 6.33 Å². The molecule has 1 aliphatic heterocycles. The standard InChI is InChI=1S/C20H24N8O/c1-13-6-8-27(9-7-13)19-11-17(21-12-22-19)23-20(29)16-4-5-18(25-24-16)28-15(3)10-14(2)26-28/h4-5,10-13H,6-9H2,1-3H3,(H,21,22,23,29). The first-order valence-electron chi connectivity index (χ1n) is 9.75. The average molecular weight is 392 g/mol. The van der Waals surface area contributed by atoms with Gasteiger partial charge in [-0.1, -0.05) is 6.92 Å². The van der Waals surface area contributed by atoms with Crippen LogP contribution in [0.2, 0.25) is 0 Å². The first-order valence-corrected chi connectivity index (χ1v) is 9.75. The van der Waals surface area contributed by atoms with Crippen LogP contribution in [0.4, 0.5) is 11.6 Å². The molecule has 0 saturated carbocycles. The second kappa shape index (κ2) is 7.94. The molecule has 0 aliphatic carbocycles. The first-order chi connectivity index (χ1) is 14.0. The third-order valence-electron chi connectivity index (χ3n) is 5.11. The molecule has 0 aromatic carbocycles. The molecular weight excluding hydrogens is 368 g/mol. The van der Waals surface area contributed by atoms with E-state index in [1.54, 1.807) is 22.9 Å². The van der Waals surface area contributed by atoms with E-state index in [1.807, 2.05) is 19.9 Å². The van der Waals surface area contributed by atoms with Crippen LogP contribution >= 0.6 is 0 Å². The molecule has 1 N–H and O–H groups in total. The highest BCUT2D eigenvalue weighted by atomic mass is 16.2. The lowest BCUT2D eigenvalue weighted by Crippen LogP contribution is -2.33. The Labute approximate surface area is 169 Å². The molecule has 9 nitrogen and oxygen atoms in total. The lowest BCUT2D eigenvalue weighted by atomic mass is 9.99. The van der Waals surface area contributed by atoms with Crippen LogP contribution in [0.1, 0.15) is 41.6 Å². The number of hydrogen-bond donors (Lipinski definition) is 1. The van der Waals surface area contributed by atoms with Crippen molar-refractivity contribution >= 4 is 17.5 Å². The minimum absolute atomic E-state index is 0.210. The highest BCUT2D eigenvalue weighted by molar-refractivity contribution is 6.02. The van der Waals surface area contributed by atoms with Crippen molar-refractivity contribution in [2.24, 2.45) is 5.92 Å². The molecule has 0 atom stereocenters. The summed E-state index contributed by atoms with van der Waals surface area (Å²) >= 11 is 0. The predicted molar refractivity (Wildman–Crippen MR) is 109 cm³/mol. The zero-order valence-corrected chi connectivity index (χ0v) is 16.8. The fraction of sp³-hybridized carbons (Fsp3) is 0.400. The number of carbonyl (C=O) groups excluding carboxylic acids is 1. The molecule has 4 rings (SSSR count). The van der Waals surface area contributed by atoms with E-state index < -0.39 is 0 Å². The summed E-state index contributed by atoms with van der Waals surface area (Å²) in [5.74, 6) is 2.21. The summed E-state index contributed by atoms with van der Waals surface area (Å²) < 4.78 is 1.69. The lowest BCUT2D eigenvalue weighted by molar-refractivity contribution is 0.102. The van der Waals surface area contributed by atoms with Crippen LogP contribution in [0.3, 0.4) is 0 Å². The summed E-state index contributed by atoms with van der Waals surface area (Å²) in [6, 6.07) is 7.10. The molecule has 9 heteroatoms. The van der Waals surface area contributed by atoms with Crippen LogP contribution in [0.15, 0.2) is 30.6 Å². The largest absolute Gasteiger partial charge is 0.356 e.